The van der Waals surface area contributed by atoms with Gasteiger partial charge in [0.1, 0.15) is 0 Å². The van der Waals surface area contributed by atoms with Crippen molar-refractivity contribution in [2.24, 2.45) is 0 Å². The highest BCUT2D eigenvalue weighted by atomic mass is 16.5. The fourth-order valence-corrected chi connectivity index (χ4v) is 2.66. The number of rotatable bonds is 5. The smallest absolute Gasteiger partial charge is 0.251 e. The number of carbonyl (C=O) groups is 2. The Labute approximate surface area is 146 Å². The van der Waals surface area contributed by atoms with Gasteiger partial charge in [0.05, 0.1) is 19.8 Å². The SMILES string of the molecule is O=C(CNC(=O)c1ccccc1)Nc1cccc(N2CCOCC2)c1. The Morgan fingerprint density at radius 2 is 1.76 bits per heavy atom. The molecule has 0 atom stereocenters. The molecule has 6 nitrogen and oxygen atoms in total. The van der Waals surface area contributed by atoms with Crippen molar-refractivity contribution in [1.29, 1.82) is 0 Å². The topological polar surface area (TPSA) is 70.7 Å². The van der Waals surface area contributed by atoms with Crippen LogP contribution in [0.25, 0.3) is 0 Å². The summed E-state index contributed by atoms with van der Waals surface area (Å²) in [5, 5.41) is 5.44. The average Bonchev–Trinajstić information content (AvgIpc) is 2.68. The van der Waals surface area contributed by atoms with Crippen LogP contribution in [-0.4, -0.2) is 44.7 Å². The first-order chi connectivity index (χ1) is 12.2. The summed E-state index contributed by atoms with van der Waals surface area (Å²) in [6.45, 7) is 3.02. The van der Waals surface area contributed by atoms with Crippen LogP contribution in [0.4, 0.5) is 11.4 Å². The number of carbonyl (C=O) groups excluding carboxylic acids is 2. The predicted octanol–water partition coefficient (Wildman–Crippen LogP) is 1.89. The predicted molar refractivity (Wildman–Crippen MR) is 96.9 cm³/mol. The standard InChI is InChI=1S/C19H21N3O3/c23-18(14-20-19(24)15-5-2-1-3-6-15)21-16-7-4-8-17(13-16)22-9-11-25-12-10-22/h1-8,13H,9-12,14H2,(H,20,24)(H,21,23). The zero-order valence-corrected chi connectivity index (χ0v) is 13.9. The first kappa shape index (κ1) is 17.0. The molecule has 2 aromatic carbocycles. The van der Waals surface area contributed by atoms with Crippen molar-refractivity contribution in [2.75, 3.05) is 43.1 Å². The van der Waals surface area contributed by atoms with Gasteiger partial charge in [0.25, 0.3) is 5.91 Å². The third-order valence-corrected chi connectivity index (χ3v) is 3.95. The summed E-state index contributed by atoms with van der Waals surface area (Å²) >= 11 is 0. The van der Waals surface area contributed by atoms with Crippen LogP contribution in [0, 0.1) is 0 Å². The van der Waals surface area contributed by atoms with Crippen LogP contribution >= 0.6 is 0 Å². The highest BCUT2D eigenvalue weighted by molar-refractivity contribution is 5.99. The van der Waals surface area contributed by atoms with Crippen molar-refractivity contribution in [3.8, 4) is 0 Å². The van der Waals surface area contributed by atoms with Crippen LogP contribution in [0.2, 0.25) is 0 Å². The Morgan fingerprint density at radius 1 is 1.00 bits per heavy atom. The van der Waals surface area contributed by atoms with Gasteiger partial charge in [0.15, 0.2) is 0 Å². The van der Waals surface area contributed by atoms with E-state index in [4.69, 9.17) is 4.74 Å². The molecule has 1 heterocycles. The van der Waals surface area contributed by atoms with Crippen molar-refractivity contribution in [3.63, 3.8) is 0 Å². The second-order valence-corrected chi connectivity index (χ2v) is 5.75. The molecule has 0 spiro atoms. The van der Waals surface area contributed by atoms with Gasteiger partial charge in [-0.1, -0.05) is 24.3 Å². The van der Waals surface area contributed by atoms with Crippen LogP contribution in [0.1, 0.15) is 10.4 Å². The van der Waals surface area contributed by atoms with Crippen molar-refractivity contribution >= 4 is 23.2 Å². The molecule has 0 saturated carbocycles. The van der Waals surface area contributed by atoms with Crippen LogP contribution in [0.3, 0.4) is 0 Å². The van der Waals surface area contributed by atoms with Crippen LogP contribution in [0.5, 0.6) is 0 Å². The molecule has 1 saturated heterocycles. The molecule has 0 aromatic heterocycles. The molecular weight excluding hydrogens is 318 g/mol. The molecule has 0 radical (unpaired) electrons. The Morgan fingerprint density at radius 3 is 2.52 bits per heavy atom. The van der Waals surface area contributed by atoms with Gasteiger partial charge < -0.3 is 20.3 Å². The Kier molecular flexibility index (Phi) is 5.64. The Bertz CT molecular complexity index is 728. The van der Waals surface area contributed by atoms with Gasteiger partial charge >= 0.3 is 0 Å². The van der Waals surface area contributed by atoms with Crippen molar-refractivity contribution in [2.45, 2.75) is 0 Å². The maximum atomic E-state index is 12.1. The monoisotopic (exact) mass is 339 g/mol. The maximum absolute atomic E-state index is 12.1. The van der Waals surface area contributed by atoms with E-state index in [9.17, 15) is 9.59 Å². The number of hydrogen-bond acceptors (Lipinski definition) is 4. The number of anilines is 2. The third-order valence-electron chi connectivity index (χ3n) is 3.95. The molecule has 3 rings (SSSR count). The molecule has 0 aliphatic carbocycles. The molecule has 0 unspecified atom stereocenters. The lowest BCUT2D eigenvalue weighted by Gasteiger charge is -2.29. The van der Waals surface area contributed by atoms with E-state index < -0.39 is 0 Å². The number of hydrogen-bond donors (Lipinski definition) is 2. The van der Waals surface area contributed by atoms with Crippen LogP contribution < -0.4 is 15.5 Å². The second-order valence-electron chi connectivity index (χ2n) is 5.75. The van der Waals surface area contributed by atoms with E-state index in [0.717, 1.165) is 18.8 Å². The quantitative estimate of drug-likeness (QED) is 0.873. The van der Waals surface area contributed by atoms with Crippen molar-refractivity contribution in [1.82, 2.24) is 5.32 Å². The molecule has 1 aliphatic heterocycles. The molecule has 1 fully saturated rings. The minimum Gasteiger partial charge on any atom is -0.378 e. The van der Waals surface area contributed by atoms with Crippen molar-refractivity contribution < 1.29 is 14.3 Å². The molecule has 25 heavy (non-hydrogen) atoms. The van der Waals surface area contributed by atoms with Gasteiger partial charge in [-0.05, 0) is 30.3 Å². The zero-order chi connectivity index (χ0) is 17.5. The lowest BCUT2D eigenvalue weighted by atomic mass is 10.2. The first-order valence-electron chi connectivity index (χ1n) is 8.28. The fraction of sp³-hybridized carbons (Fsp3) is 0.263. The molecular formula is C19H21N3O3. The van der Waals surface area contributed by atoms with E-state index in [2.05, 4.69) is 15.5 Å². The number of nitrogens with zero attached hydrogens (tertiary/aromatic N) is 1. The van der Waals surface area contributed by atoms with Gasteiger partial charge in [0.2, 0.25) is 5.91 Å². The number of ether oxygens (including phenoxy) is 1. The summed E-state index contributed by atoms with van der Waals surface area (Å²) in [4.78, 5) is 26.2. The van der Waals surface area contributed by atoms with E-state index >= 15 is 0 Å². The minimum atomic E-state index is -0.266. The lowest BCUT2D eigenvalue weighted by molar-refractivity contribution is -0.115. The zero-order valence-electron chi connectivity index (χ0n) is 13.9. The molecule has 2 aromatic rings. The van der Waals surface area contributed by atoms with Gasteiger partial charge in [-0.3, -0.25) is 9.59 Å². The summed E-state index contributed by atoms with van der Waals surface area (Å²) < 4.78 is 5.36. The van der Waals surface area contributed by atoms with E-state index in [0.29, 0.717) is 24.5 Å². The first-order valence-corrected chi connectivity index (χ1v) is 8.28. The van der Waals surface area contributed by atoms with Gasteiger partial charge in [-0.2, -0.15) is 0 Å². The number of nitrogens with one attached hydrogen (secondary N) is 2. The Hall–Kier alpha value is -2.86. The molecule has 6 heteroatoms. The summed E-state index contributed by atoms with van der Waals surface area (Å²) in [7, 11) is 0. The highest BCUT2D eigenvalue weighted by Crippen LogP contribution is 2.20. The number of benzene rings is 2. The van der Waals surface area contributed by atoms with Crippen molar-refractivity contribution in [3.05, 3.63) is 60.2 Å². The maximum Gasteiger partial charge on any atom is 0.251 e. The average molecular weight is 339 g/mol. The molecule has 2 amide bonds. The second kappa shape index (κ2) is 8.30. The molecule has 130 valence electrons. The van der Waals surface area contributed by atoms with Crippen LogP contribution in [-0.2, 0) is 9.53 Å². The lowest BCUT2D eigenvalue weighted by Crippen LogP contribution is -2.36. The largest absolute Gasteiger partial charge is 0.378 e. The third kappa shape index (κ3) is 4.81. The molecule has 2 N–H and O–H groups in total. The Balaban J connectivity index is 1.53. The number of morpholine rings is 1. The molecule has 1 aliphatic rings. The summed E-state index contributed by atoms with van der Waals surface area (Å²) in [6.07, 6.45) is 0. The van der Waals surface area contributed by atoms with E-state index in [1.54, 1.807) is 24.3 Å². The number of amides is 2. The van der Waals surface area contributed by atoms with E-state index in [-0.39, 0.29) is 18.4 Å². The van der Waals surface area contributed by atoms with Gasteiger partial charge in [0, 0.05) is 30.0 Å². The van der Waals surface area contributed by atoms with E-state index in [1.807, 2.05) is 30.3 Å². The van der Waals surface area contributed by atoms with Crippen LogP contribution in [0.15, 0.2) is 54.6 Å². The van der Waals surface area contributed by atoms with Gasteiger partial charge in [-0.15, -0.1) is 0 Å². The highest BCUT2D eigenvalue weighted by Gasteiger charge is 2.12. The summed E-state index contributed by atoms with van der Waals surface area (Å²) in [5.41, 5.74) is 2.29. The summed E-state index contributed by atoms with van der Waals surface area (Å²) in [5.74, 6) is -0.527. The normalized spacial score (nSPS) is 14.0. The minimum absolute atomic E-state index is 0.0739. The molecule has 0 bridgehead atoms. The van der Waals surface area contributed by atoms with Gasteiger partial charge in [-0.25, -0.2) is 0 Å². The van der Waals surface area contributed by atoms with E-state index in [1.165, 1.54) is 0 Å². The fourth-order valence-electron chi connectivity index (χ4n) is 2.66. The summed E-state index contributed by atoms with van der Waals surface area (Å²) in [6, 6.07) is 16.5.